The second-order valence-corrected chi connectivity index (χ2v) is 8.99. The van der Waals surface area contributed by atoms with E-state index >= 15 is 0 Å². The lowest BCUT2D eigenvalue weighted by Crippen LogP contribution is -2.54. The SMILES string of the molecule is C=Cc1cccc(C(C(=O)NCc2ccccc2)N(CC#N)C(=O)C(CO)NC(=O)OC(C)(C)C)c1. The number of ether oxygens (including phenoxy) is 1. The minimum absolute atomic E-state index is 0.200. The van der Waals surface area contributed by atoms with Gasteiger partial charge in [0.05, 0.1) is 12.7 Å². The highest BCUT2D eigenvalue weighted by Crippen LogP contribution is 2.24. The number of hydrogen-bond donors (Lipinski definition) is 3. The number of benzene rings is 2. The first-order valence-corrected chi connectivity index (χ1v) is 11.4. The number of hydrogen-bond acceptors (Lipinski definition) is 6. The first kappa shape index (κ1) is 28.1. The Morgan fingerprint density at radius 3 is 2.44 bits per heavy atom. The predicted molar refractivity (Wildman–Crippen MR) is 135 cm³/mol. The van der Waals surface area contributed by atoms with E-state index in [1.54, 1.807) is 51.1 Å². The van der Waals surface area contributed by atoms with Crippen LogP contribution in [0.5, 0.6) is 0 Å². The summed E-state index contributed by atoms with van der Waals surface area (Å²) in [5.41, 5.74) is 1.17. The van der Waals surface area contributed by atoms with Crippen LogP contribution in [-0.2, 0) is 20.9 Å². The minimum Gasteiger partial charge on any atom is -0.444 e. The fourth-order valence-corrected chi connectivity index (χ4v) is 3.42. The number of carbonyl (C=O) groups is 3. The molecule has 0 aliphatic heterocycles. The van der Waals surface area contributed by atoms with Gasteiger partial charge < -0.3 is 25.4 Å². The second-order valence-electron chi connectivity index (χ2n) is 8.99. The Balaban J connectivity index is 2.40. The maximum atomic E-state index is 13.5. The summed E-state index contributed by atoms with van der Waals surface area (Å²) in [4.78, 5) is 40.2. The maximum absolute atomic E-state index is 13.5. The van der Waals surface area contributed by atoms with Crippen molar-refractivity contribution in [3.8, 4) is 6.07 Å². The number of carbonyl (C=O) groups excluding carboxylic acids is 3. The highest BCUT2D eigenvalue weighted by atomic mass is 16.6. The van der Waals surface area contributed by atoms with E-state index < -0.39 is 48.7 Å². The molecule has 2 rings (SSSR count). The van der Waals surface area contributed by atoms with Crippen molar-refractivity contribution in [3.63, 3.8) is 0 Å². The van der Waals surface area contributed by atoms with E-state index in [0.717, 1.165) is 10.5 Å². The molecule has 0 saturated carbocycles. The van der Waals surface area contributed by atoms with Crippen LogP contribution in [0, 0.1) is 11.3 Å². The third-order valence-electron chi connectivity index (χ3n) is 5.03. The van der Waals surface area contributed by atoms with Gasteiger partial charge >= 0.3 is 6.09 Å². The molecule has 9 nitrogen and oxygen atoms in total. The molecule has 2 aromatic carbocycles. The first-order valence-electron chi connectivity index (χ1n) is 11.4. The quantitative estimate of drug-likeness (QED) is 0.437. The highest BCUT2D eigenvalue weighted by Gasteiger charge is 2.36. The van der Waals surface area contributed by atoms with Crippen molar-refractivity contribution < 1.29 is 24.2 Å². The van der Waals surface area contributed by atoms with Gasteiger partial charge in [0.2, 0.25) is 11.8 Å². The van der Waals surface area contributed by atoms with Gasteiger partial charge in [-0.05, 0) is 43.5 Å². The van der Waals surface area contributed by atoms with Crippen molar-refractivity contribution in [2.45, 2.75) is 45.0 Å². The molecule has 0 aromatic heterocycles. The smallest absolute Gasteiger partial charge is 0.408 e. The van der Waals surface area contributed by atoms with E-state index in [1.165, 1.54) is 0 Å². The molecule has 0 aliphatic carbocycles. The summed E-state index contributed by atoms with van der Waals surface area (Å²) < 4.78 is 5.18. The van der Waals surface area contributed by atoms with Crippen LogP contribution < -0.4 is 10.6 Å². The van der Waals surface area contributed by atoms with Gasteiger partial charge in [0, 0.05) is 6.54 Å². The Bertz CT molecular complexity index is 1110. The molecule has 0 saturated heterocycles. The number of alkyl carbamates (subject to hydrolysis) is 1. The summed E-state index contributed by atoms with van der Waals surface area (Å²) in [7, 11) is 0. The molecule has 0 aliphatic rings. The molecule has 0 bridgehead atoms. The van der Waals surface area contributed by atoms with Crippen molar-refractivity contribution in [2.24, 2.45) is 0 Å². The van der Waals surface area contributed by atoms with Crippen molar-refractivity contribution in [1.82, 2.24) is 15.5 Å². The van der Waals surface area contributed by atoms with Crippen LogP contribution in [0.15, 0.2) is 61.2 Å². The zero-order valence-corrected chi connectivity index (χ0v) is 20.7. The molecule has 2 unspecified atom stereocenters. The summed E-state index contributed by atoms with van der Waals surface area (Å²) in [6.45, 7) is 7.69. The van der Waals surface area contributed by atoms with Gasteiger partial charge in [-0.1, -0.05) is 61.2 Å². The molecule has 190 valence electrons. The van der Waals surface area contributed by atoms with E-state index in [9.17, 15) is 24.8 Å². The summed E-state index contributed by atoms with van der Waals surface area (Å²) in [5.74, 6) is -1.34. The number of nitrogens with one attached hydrogen (secondary N) is 2. The molecule has 0 fully saturated rings. The Morgan fingerprint density at radius 2 is 1.86 bits per heavy atom. The second kappa shape index (κ2) is 13.1. The topological polar surface area (TPSA) is 132 Å². The average Bonchev–Trinajstić information content (AvgIpc) is 2.85. The number of amides is 3. The number of aliphatic hydroxyl groups is 1. The first-order chi connectivity index (χ1) is 17.1. The number of nitrogens with zero attached hydrogens (tertiary/aromatic N) is 2. The lowest BCUT2D eigenvalue weighted by atomic mass is 10.0. The number of aliphatic hydroxyl groups excluding tert-OH is 1. The third-order valence-corrected chi connectivity index (χ3v) is 5.03. The standard InChI is InChI=1S/C27H32N4O5/c1-5-19-12-9-13-21(16-19)23(24(33)29-17-20-10-7-6-8-11-20)31(15-14-28)25(34)22(18-32)30-26(35)36-27(2,3)4/h5-13,16,22-23,32H,1,15,17-18H2,2-4H3,(H,29,33)(H,30,35). The van der Waals surface area contributed by atoms with Crippen LogP contribution in [0.4, 0.5) is 4.79 Å². The van der Waals surface area contributed by atoms with Crippen LogP contribution >= 0.6 is 0 Å². The predicted octanol–water partition coefficient (Wildman–Crippen LogP) is 2.92. The fourth-order valence-electron chi connectivity index (χ4n) is 3.42. The molecule has 2 atom stereocenters. The van der Waals surface area contributed by atoms with Crippen molar-refractivity contribution >= 4 is 24.0 Å². The number of nitriles is 1. The van der Waals surface area contributed by atoms with Gasteiger partial charge in [-0.3, -0.25) is 9.59 Å². The van der Waals surface area contributed by atoms with Gasteiger partial charge in [-0.15, -0.1) is 0 Å². The largest absolute Gasteiger partial charge is 0.444 e. The van der Waals surface area contributed by atoms with E-state index in [-0.39, 0.29) is 6.54 Å². The van der Waals surface area contributed by atoms with Crippen molar-refractivity contribution in [2.75, 3.05) is 13.2 Å². The maximum Gasteiger partial charge on any atom is 0.408 e. The normalized spacial score (nSPS) is 12.4. The summed E-state index contributed by atoms with van der Waals surface area (Å²) in [6.07, 6.45) is 0.685. The van der Waals surface area contributed by atoms with Crippen LogP contribution in [0.2, 0.25) is 0 Å². The molecule has 3 N–H and O–H groups in total. The molecule has 36 heavy (non-hydrogen) atoms. The Morgan fingerprint density at radius 1 is 1.17 bits per heavy atom. The highest BCUT2D eigenvalue weighted by molar-refractivity contribution is 5.92. The molecule has 0 heterocycles. The van der Waals surface area contributed by atoms with Gasteiger partial charge in [0.1, 0.15) is 24.2 Å². The summed E-state index contributed by atoms with van der Waals surface area (Å²) >= 11 is 0. The van der Waals surface area contributed by atoms with Crippen LogP contribution in [0.3, 0.4) is 0 Å². The van der Waals surface area contributed by atoms with Crippen LogP contribution in [0.1, 0.15) is 43.5 Å². The van der Waals surface area contributed by atoms with Crippen molar-refractivity contribution in [3.05, 3.63) is 77.9 Å². The molecular weight excluding hydrogens is 460 g/mol. The van der Waals surface area contributed by atoms with Gasteiger partial charge in [0.15, 0.2) is 0 Å². The van der Waals surface area contributed by atoms with E-state index in [0.29, 0.717) is 11.1 Å². The third kappa shape index (κ3) is 8.25. The fraction of sp³-hybridized carbons (Fsp3) is 0.333. The molecule has 0 radical (unpaired) electrons. The average molecular weight is 493 g/mol. The van der Waals surface area contributed by atoms with Crippen molar-refractivity contribution in [1.29, 1.82) is 5.26 Å². The Hall–Kier alpha value is -4.16. The van der Waals surface area contributed by atoms with Gasteiger partial charge in [-0.25, -0.2) is 4.79 Å². The molecular formula is C27H32N4O5. The molecule has 3 amide bonds. The monoisotopic (exact) mass is 492 g/mol. The van der Waals surface area contributed by atoms with Gasteiger partial charge in [-0.2, -0.15) is 5.26 Å². The lowest BCUT2D eigenvalue weighted by molar-refractivity contribution is -0.142. The zero-order chi connectivity index (χ0) is 26.7. The lowest BCUT2D eigenvalue weighted by Gasteiger charge is -2.32. The Kier molecular flexibility index (Phi) is 10.2. The summed E-state index contributed by atoms with van der Waals surface area (Å²) in [5, 5.41) is 24.5. The zero-order valence-electron chi connectivity index (χ0n) is 20.7. The van der Waals surface area contributed by atoms with Crippen LogP contribution in [0.25, 0.3) is 6.08 Å². The van der Waals surface area contributed by atoms with E-state index in [2.05, 4.69) is 17.2 Å². The Labute approximate surface area is 211 Å². The molecule has 0 spiro atoms. The molecule has 9 heteroatoms. The van der Waals surface area contributed by atoms with Crippen LogP contribution in [-0.4, -0.2) is 52.7 Å². The van der Waals surface area contributed by atoms with E-state index in [4.69, 9.17) is 4.74 Å². The summed E-state index contributed by atoms with van der Waals surface area (Å²) in [6, 6.07) is 15.3. The van der Waals surface area contributed by atoms with Gasteiger partial charge in [0.25, 0.3) is 0 Å². The number of rotatable bonds is 10. The van der Waals surface area contributed by atoms with E-state index in [1.807, 2.05) is 36.4 Å². The minimum atomic E-state index is -1.43. The molecule has 2 aromatic rings.